The predicted molar refractivity (Wildman–Crippen MR) is 103 cm³/mol. The minimum absolute atomic E-state index is 0. The summed E-state index contributed by atoms with van der Waals surface area (Å²) in [6.07, 6.45) is 6.92. The number of halogens is 1. The third-order valence-corrected chi connectivity index (χ3v) is 4.41. The van der Waals surface area contributed by atoms with E-state index in [0.717, 1.165) is 6.54 Å². The Labute approximate surface area is 146 Å². The van der Waals surface area contributed by atoms with Crippen molar-refractivity contribution in [3.63, 3.8) is 0 Å². The Kier molecular flexibility index (Phi) is 6.44. The molecule has 3 rings (SSSR count). The summed E-state index contributed by atoms with van der Waals surface area (Å²) in [6.45, 7) is 5.51. The van der Waals surface area contributed by atoms with E-state index in [1.165, 1.54) is 35.1 Å². The summed E-state index contributed by atoms with van der Waals surface area (Å²) >= 11 is 0. The maximum atomic E-state index is 3.53. The Morgan fingerprint density at radius 2 is 1.39 bits per heavy atom. The van der Waals surface area contributed by atoms with Gasteiger partial charge in [0, 0.05) is 12.0 Å². The standard InChI is InChI=1S/C21H25N.ClH/c1-16(2)22-15-7-12-21-19-10-5-3-8-17(19)13-14-18-9-4-6-11-20(18)21;/h3-6,8-11,13-14,16,21-22H,7,12,15H2,1-2H3;1H. The lowest BCUT2D eigenvalue weighted by Crippen LogP contribution is -2.24. The van der Waals surface area contributed by atoms with Crippen LogP contribution in [0.4, 0.5) is 0 Å². The second-order valence-corrected chi connectivity index (χ2v) is 6.39. The van der Waals surface area contributed by atoms with Gasteiger partial charge in [0.05, 0.1) is 0 Å². The summed E-state index contributed by atoms with van der Waals surface area (Å²) in [6, 6.07) is 18.2. The first-order valence-corrected chi connectivity index (χ1v) is 8.35. The maximum absolute atomic E-state index is 3.53. The van der Waals surface area contributed by atoms with Gasteiger partial charge in [-0.05, 0) is 41.6 Å². The lowest BCUT2D eigenvalue weighted by Gasteiger charge is -2.21. The summed E-state index contributed by atoms with van der Waals surface area (Å²) in [5.41, 5.74) is 5.66. The SMILES string of the molecule is CC(C)NCCCC1c2ccccc2C=Cc2ccccc21.Cl. The first kappa shape index (κ1) is 17.8. The highest BCUT2D eigenvalue weighted by atomic mass is 35.5. The first-order valence-electron chi connectivity index (χ1n) is 8.35. The Morgan fingerprint density at radius 3 is 1.91 bits per heavy atom. The van der Waals surface area contributed by atoms with E-state index < -0.39 is 0 Å². The molecule has 2 heteroatoms. The first-order chi connectivity index (χ1) is 10.8. The molecule has 0 bridgehead atoms. The molecule has 0 amide bonds. The highest BCUT2D eigenvalue weighted by Gasteiger charge is 2.20. The van der Waals surface area contributed by atoms with Crippen LogP contribution in [0.15, 0.2) is 48.5 Å². The van der Waals surface area contributed by atoms with Crippen LogP contribution in [-0.4, -0.2) is 12.6 Å². The molecule has 2 aromatic carbocycles. The van der Waals surface area contributed by atoms with Crippen LogP contribution in [-0.2, 0) is 0 Å². The second kappa shape index (κ2) is 8.33. The minimum atomic E-state index is 0. The van der Waals surface area contributed by atoms with E-state index in [1.807, 2.05) is 0 Å². The highest BCUT2D eigenvalue weighted by Crippen LogP contribution is 2.37. The molecule has 1 N–H and O–H groups in total. The van der Waals surface area contributed by atoms with Gasteiger partial charge in [0.2, 0.25) is 0 Å². The van der Waals surface area contributed by atoms with Gasteiger partial charge in [-0.3, -0.25) is 0 Å². The molecule has 0 saturated carbocycles. The van der Waals surface area contributed by atoms with E-state index >= 15 is 0 Å². The summed E-state index contributed by atoms with van der Waals surface area (Å²) in [7, 11) is 0. The van der Waals surface area contributed by atoms with Gasteiger partial charge in [-0.25, -0.2) is 0 Å². The van der Waals surface area contributed by atoms with E-state index in [0.29, 0.717) is 12.0 Å². The van der Waals surface area contributed by atoms with Gasteiger partial charge in [-0.2, -0.15) is 0 Å². The van der Waals surface area contributed by atoms with Crippen molar-refractivity contribution in [3.8, 4) is 0 Å². The molecule has 1 aliphatic rings. The third-order valence-electron chi connectivity index (χ3n) is 4.41. The predicted octanol–water partition coefficient (Wildman–Crippen LogP) is 5.50. The summed E-state index contributed by atoms with van der Waals surface area (Å²) < 4.78 is 0. The fourth-order valence-corrected chi connectivity index (χ4v) is 3.32. The van der Waals surface area contributed by atoms with Crippen molar-refractivity contribution in [2.75, 3.05) is 6.54 Å². The normalized spacial score (nSPS) is 13.2. The van der Waals surface area contributed by atoms with Gasteiger partial charge < -0.3 is 5.32 Å². The van der Waals surface area contributed by atoms with E-state index in [4.69, 9.17) is 0 Å². The molecule has 23 heavy (non-hydrogen) atoms. The third kappa shape index (κ3) is 4.25. The van der Waals surface area contributed by atoms with E-state index in [9.17, 15) is 0 Å². The Balaban J connectivity index is 0.00000192. The number of fused-ring (bicyclic) bond motifs is 2. The molecule has 0 aliphatic heterocycles. The lowest BCUT2D eigenvalue weighted by atomic mass is 9.84. The molecular formula is C21H26ClN. The number of nitrogens with one attached hydrogen (secondary N) is 1. The van der Waals surface area contributed by atoms with Crippen molar-refractivity contribution in [1.82, 2.24) is 5.32 Å². The fraction of sp³-hybridized carbons (Fsp3) is 0.333. The van der Waals surface area contributed by atoms with Crippen molar-refractivity contribution in [3.05, 3.63) is 70.8 Å². The van der Waals surface area contributed by atoms with Crippen LogP contribution < -0.4 is 5.32 Å². The van der Waals surface area contributed by atoms with Gasteiger partial charge in [-0.1, -0.05) is 74.5 Å². The zero-order valence-corrected chi connectivity index (χ0v) is 14.8. The lowest BCUT2D eigenvalue weighted by molar-refractivity contribution is 0.543. The molecule has 0 aromatic heterocycles. The molecule has 0 fully saturated rings. The van der Waals surface area contributed by atoms with Crippen molar-refractivity contribution < 1.29 is 0 Å². The Hall–Kier alpha value is -1.57. The van der Waals surface area contributed by atoms with Crippen LogP contribution >= 0.6 is 12.4 Å². The average molecular weight is 328 g/mol. The van der Waals surface area contributed by atoms with Crippen LogP contribution in [0.1, 0.15) is 54.9 Å². The number of hydrogen-bond donors (Lipinski definition) is 1. The van der Waals surface area contributed by atoms with Gasteiger partial charge in [0.1, 0.15) is 0 Å². The fourth-order valence-electron chi connectivity index (χ4n) is 3.32. The molecule has 0 atom stereocenters. The van der Waals surface area contributed by atoms with Gasteiger partial charge in [0.25, 0.3) is 0 Å². The number of rotatable bonds is 5. The van der Waals surface area contributed by atoms with Crippen LogP contribution in [0.5, 0.6) is 0 Å². The molecule has 1 nitrogen and oxygen atoms in total. The minimum Gasteiger partial charge on any atom is -0.315 e. The molecule has 0 unspecified atom stereocenters. The van der Waals surface area contributed by atoms with E-state index in [-0.39, 0.29) is 12.4 Å². The quantitative estimate of drug-likeness (QED) is 0.715. The van der Waals surface area contributed by atoms with Crippen LogP contribution in [0.25, 0.3) is 12.2 Å². The van der Waals surface area contributed by atoms with Gasteiger partial charge in [0.15, 0.2) is 0 Å². The molecular weight excluding hydrogens is 302 g/mol. The van der Waals surface area contributed by atoms with Gasteiger partial charge in [-0.15, -0.1) is 12.4 Å². The van der Waals surface area contributed by atoms with Crippen molar-refractivity contribution in [1.29, 1.82) is 0 Å². The van der Waals surface area contributed by atoms with Crippen molar-refractivity contribution in [2.24, 2.45) is 0 Å². The molecule has 1 aliphatic carbocycles. The van der Waals surface area contributed by atoms with E-state index in [2.05, 4.69) is 79.8 Å². The smallest absolute Gasteiger partial charge is 0.0102 e. The second-order valence-electron chi connectivity index (χ2n) is 6.39. The van der Waals surface area contributed by atoms with E-state index in [1.54, 1.807) is 0 Å². The summed E-state index contributed by atoms with van der Waals surface area (Å²) in [5, 5.41) is 3.53. The van der Waals surface area contributed by atoms with Gasteiger partial charge >= 0.3 is 0 Å². The molecule has 2 aromatic rings. The summed E-state index contributed by atoms with van der Waals surface area (Å²) in [5.74, 6) is 0.497. The number of benzene rings is 2. The van der Waals surface area contributed by atoms with Crippen LogP contribution in [0.3, 0.4) is 0 Å². The molecule has 0 heterocycles. The average Bonchev–Trinajstić information content (AvgIpc) is 2.69. The molecule has 0 saturated heterocycles. The Bertz CT molecular complexity index is 611. The zero-order valence-electron chi connectivity index (χ0n) is 14.0. The Morgan fingerprint density at radius 1 is 0.870 bits per heavy atom. The van der Waals surface area contributed by atoms with Crippen molar-refractivity contribution in [2.45, 2.75) is 38.6 Å². The van der Waals surface area contributed by atoms with Crippen molar-refractivity contribution >= 4 is 24.6 Å². The topological polar surface area (TPSA) is 12.0 Å². The molecule has 122 valence electrons. The largest absolute Gasteiger partial charge is 0.315 e. The van der Waals surface area contributed by atoms with Crippen LogP contribution in [0.2, 0.25) is 0 Å². The number of hydrogen-bond acceptors (Lipinski definition) is 1. The summed E-state index contributed by atoms with van der Waals surface area (Å²) in [4.78, 5) is 0. The zero-order chi connectivity index (χ0) is 15.4. The monoisotopic (exact) mass is 327 g/mol. The molecule has 0 spiro atoms. The highest BCUT2D eigenvalue weighted by molar-refractivity contribution is 5.85. The maximum Gasteiger partial charge on any atom is 0.0102 e. The molecule has 0 radical (unpaired) electrons. The van der Waals surface area contributed by atoms with Crippen LogP contribution in [0, 0.1) is 0 Å².